The lowest BCUT2D eigenvalue weighted by Crippen LogP contribution is -2.18. The average molecular weight is 341 g/mol. The number of rotatable bonds is 11. The van der Waals surface area contributed by atoms with Crippen LogP contribution in [0.4, 0.5) is 4.79 Å². The van der Waals surface area contributed by atoms with Crippen molar-refractivity contribution in [3.05, 3.63) is 12.2 Å². The fraction of sp³-hybridized carbons (Fsp3) is 0.600. The number of unbranched alkanes of at least 4 members (excludes halogenated alkanes) is 3. The zero-order chi connectivity index (χ0) is 18.6. The highest BCUT2D eigenvalue weighted by Gasteiger charge is 2.02. The van der Waals surface area contributed by atoms with Gasteiger partial charge in [0.25, 0.3) is 0 Å². The Hall–Kier alpha value is -2.76. The molecule has 0 aliphatic heterocycles. The van der Waals surface area contributed by atoms with Gasteiger partial charge in [-0.1, -0.05) is 19.4 Å². The van der Waals surface area contributed by atoms with Crippen molar-refractivity contribution in [3.63, 3.8) is 0 Å². The number of nitrogens with two attached hydrogens (primary N) is 1. The van der Waals surface area contributed by atoms with Crippen molar-refractivity contribution < 1.29 is 28.7 Å². The van der Waals surface area contributed by atoms with Gasteiger partial charge in [0.15, 0.2) is 0 Å². The van der Waals surface area contributed by atoms with Crippen LogP contribution in [0.1, 0.15) is 32.6 Å². The monoisotopic (exact) mass is 341 g/mol. The number of hydrogen-bond donors (Lipinski definition) is 1. The molecule has 1 amide bonds. The summed E-state index contributed by atoms with van der Waals surface area (Å²) in [6, 6.07) is 0. The standard InChI is InChI=1S/C8H12N2O2.C7H11NO4/c11-7-9-5-3-1-2-4-6-10-8-12;1-5(2)6(9)11-3-4-12-7(8)10/h1-6H2;1,3-4H2,2H3,(H2,8,10). The first kappa shape index (κ1) is 23.5. The van der Waals surface area contributed by atoms with Crippen LogP contribution >= 0.6 is 0 Å². The number of primary amides is 1. The first-order chi connectivity index (χ1) is 11.5. The van der Waals surface area contributed by atoms with Gasteiger partial charge in [0, 0.05) is 5.57 Å². The van der Waals surface area contributed by atoms with Gasteiger partial charge < -0.3 is 15.2 Å². The fourth-order valence-electron chi connectivity index (χ4n) is 1.23. The summed E-state index contributed by atoms with van der Waals surface area (Å²) in [5.74, 6) is -0.511. The molecule has 0 aliphatic rings. The normalized spacial score (nSPS) is 8.54. The maximum absolute atomic E-state index is 10.7. The third-order valence-corrected chi connectivity index (χ3v) is 2.33. The first-order valence-electron chi connectivity index (χ1n) is 7.27. The molecule has 0 aromatic heterocycles. The molecular formula is C15H23N3O6. The van der Waals surface area contributed by atoms with Crippen LogP contribution in [0, 0.1) is 0 Å². The molecule has 9 heteroatoms. The summed E-state index contributed by atoms with van der Waals surface area (Å²) >= 11 is 0. The van der Waals surface area contributed by atoms with E-state index >= 15 is 0 Å². The zero-order valence-electron chi connectivity index (χ0n) is 13.8. The number of aliphatic imine (C=N–C) groups is 2. The Morgan fingerprint density at radius 3 is 1.79 bits per heavy atom. The van der Waals surface area contributed by atoms with Crippen LogP contribution in [0.2, 0.25) is 0 Å². The molecule has 0 atom stereocenters. The minimum atomic E-state index is -0.888. The molecule has 0 saturated heterocycles. The van der Waals surface area contributed by atoms with E-state index in [2.05, 4.69) is 31.8 Å². The smallest absolute Gasteiger partial charge is 0.404 e. The molecule has 0 bridgehead atoms. The van der Waals surface area contributed by atoms with E-state index in [-0.39, 0.29) is 13.2 Å². The molecule has 0 heterocycles. The van der Waals surface area contributed by atoms with E-state index in [9.17, 15) is 19.2 Å². The summed E-state index contributed by atoms with van der Waals surface area (Å²) < 4.78 is 8.89. The number of esters is 1. The lowest BCUT2D eigenvalue weighted by molar-refractivity contribution is -0.139. The van der Waals surface area contributed by atoms with Crippen LogP contribution in [0.5, 0.6) is 0 Å². The van der Waals surface area contributed by atoms with Gasteiger partial charge in [0.2, 0.25) is 12.2 Å². The highest BCUT2D eigenvalue weighted by atomic mass is 16.6. The van der Waals surface area contributed by atoms with Gasteiger partial charge in [-0.3, -0.25) is 0 Å². The van der Waals surface area contributed by atoms with Crippen LogP contribution in [-0.2, 0) is 23.9 Å². The molecular weight excluding hydrogens is 318 g/mol. The maximum atomic E-state index is 10.7. The molecule has 134 valence electrons. The summed E-state index contributed by atoms with van der Waals surface area (Å²) in [5.41, 5.74) is 4.95. The Kier molecular flexibility index (Phi) is 17.9. The number of carbonyl (C=O) groups excluding carboxylic acids is 4. The Labute approximate surface area is 140 Å². The highest BCUT2D eigenvalue weighted by molar-refractivity contribution is 5.86. The SMILES string of the molecule is C=C(C)C(=O)OCCOC(N)=O.O=C=NCCCCCCN=C=O. The van der Waals surface area contributed by atoms with E-state index < -0.39 is 12.1 Å². The molecule has 0 radical (unpaired) electrons. The summed E-state index contributed by atoms with van der Waals surface area (Å²) in [7, 11) is 0. The lowest BCUT2D eigenvalue weighted by Gasteiger charge is -2.03. The molecule has 2 N–H and O–H groups in total. The van der Waals surface area contributed by atoms with Crippen LogP contribution in [-0.4, -0.2) is 50.5 Å². The van der Waals surface area contributed by atoms with Crippen molar-refractivity contribution in [2.75, 3.05) is 26.3 Å². The van der Waals surface area contributed by atoms with E-state index in [4.69, 9.17) is 0 Å². The molecule has 0 aromatic rings. The van der Waals surface area contributed by atoms with Crippen molar-refractivity contribution in [2.45, 2.75) is 32.6 Å². The van der Waals surface area contributed by atoms with E-state index in [1.807, 2.05) is 0 Å². The van der Waals surface area contributed by atoms with Gasteiger partial charge in [0.1, 0.15) is 13.2 Å². The van der Waals surface area contributed by atoms with Crippen LogP contribution < -0.4 is 5.73 Å². The molecule has 24 heavy (non-hydrogen) atoms. The Morgan fingerprint density at radius 2 is 1.42 bits per heavy atom. The third-order valence-electron chi connectivity index (χ3n) is 2.33. The van der Waals surface area contributed by atoms with Gasteiger partial charge >= 0.3 is 12.1 Å². The predicted molar refractivity (Wildman–Crippen MR) is 85.8 cm³/mol. The van der Waals surface area contributed by atoms with E-state index in [1.165, 1.54) is 19.1 Å². The molecule has 9 nitrogen and oxygen atoms in total. The minimum Gasteiger partial charge on any atom is -0.459 e. The van der Waals surface area contributed by atoms with Crippen LogP contribution in [0.15, 0.2) is 22.1 Å². The summed E-state index contributed by atoms with van der Waals surface area (Å²) in [5, 5.41) is 0. The van der Waals surface area contributed by atoms with Crippen molar-refractivity contribution in [1.82, 2.24) is 0 Å². The zero-order valence-corrected chi connectivity index (χ0v) is 13.8. The number of isocyanates is 2. The van der Waals surface area contributed by atoms with E-state index in [1.54, 1.807) is 0 Å². The van der Waals surface area contributed by atoms with Crippen molar-refractivity contribution >= 4 is 24.2 Å². The second-order valence-electron chi connectivity index (χ2n) is 4.44. The van der Waals surface area contributed by atoms with Gasteiger partial charge in [-0.05, 0) is 19.8 Å². The molecule has 0 fully saturated rings. The number of hydrogen-bond acceptors (Lipinski definition) is 8. The lowest BCUT2D eigenvalue weighted by atomic mass is 10.2. The minimum absolute atomic E-state index is 0.00532. The van der Waals surface area contributed by atoms with Gasteiger partial charge in [-0.2, -0.15) is 0 Å². The summed E-state index contributed by atoms with van der Waals surface area (Å²) in [4.78, 5) is 46.8. The predicted octanol–water partition coefficient (Wildman–Crippen LogP) is 1.42. The molecule has 0 rings (SSSR count). The second-order valence-corrected chi connectivity index (χ2v) is 4.44. The fourth-order valence-corrected chi connectivity index (χ4v) is 1.23. The molecule has 0 saturated carbocycles. The summed E-state index contributed by atoms with van der Waals surface area (Å²) in [6.07, 6.45) is 5.91. The highest BCUT2D eigenvalue weighted by Crippen LogP contribution is 1.99. The number of ether oxygens (including phenoxy) is 2. The van der Waals surface area contributed by atoms with Gasteiger partial charge in [-0.15, -0.1) is 0 Å². The van der Waals surface area contributed by atoms with Crippen molar-refractivity contribution in [3.8, 4) is 0 Å². The Bertz CT molecular complexity index is 458. The number of amides is 1. The first-order valence-corrected chi connectivity index (χ1v) is 7.27. The average Bonchev–Trinajstić information content (AvgIpc) is 2.54. The van der Waals surface area contributed by atoms with Gasteiger partial charge in [-0.25, -0.2) is 29.2 Å². The quantitative estimate of drug-likeness (QED) is 0.198. The topological polar surface area (TPSA) is 137 Å². The molecule has 0 aromatic carbocycles. The Morgan fingerprint density at radius 1 is 0.958 bits per heavy atom. The van der Waals surface area contributed by atoms with E-state index in [0.717, 1.165) is 25.7 Å². The summed E-state index contributed by atoms with van der Waals surface area (Å²) in [6.45, 7) is 5.96. The van der Waals surface area contributed by atoms with Crippen molar-refractivity contribution in [1.29, 1.82) is 0 Å². The molecule has 0 spiro atoms. The number of carbonyl (C=O) groups is 2. The van der Waals surface area contributed by atoms with Gasteiger partial charge in [0.05, 0.1) is 13.1 Å². The maximum Gasteiger partial charge on any atom is 0.404 e. The number of nitrogens with zero attached hydrogens (tertiary/aromatic N) is 2. The van der Waals surface area contributed by atoms with Crippen LogP contribution in [0.25, 0.3) is 0 Å². The molecule has 0 unspecified atom stereocenters. The molecule has 0 aliphatic carbocycles. The second kappa shape index (κ2) is 18.3. The van der Waals surface area contributed by atoms with Crippen LogP contribution in [0.3, 0.4) is 0 Å². The Balaban J connectivity index is 0. The largest absolute Gasteiger partial charge is 0.459 e. The third kappa shape index (κ3) is 21.5. The van der Waals surface area contributed by atoms with Crippen molar-refractivity contribution in [2.24, 2.45) is 15.7 Å². The van der Waals surface area contributed by atoms with E-state index in [0.29, 0.717) is 18.7 Å².